The molecule has 232 valence electrons. The molecule has 0 bridgehead atoms. The first-order chi connectivity index (χ1) is 24.2. The van der Waals surface area contributed by atoms with Crippen molar-refractivity contribution >= 4 is 11.6 Å². The van der Waals surface area contributed by atoms with Crippen LogP contribution in [0.25, 0.3) is 79.2 Å². The van der Waals surface area contributed by atoms with Crippen molar-refractivity contribution in [1.82, 2.24) is 24.9 Å². The first-order valence-electron chi connectivity index (χ1n) is 16.0. The van der Waals surface area contributed by atoms with E-state index in [-0.39, 0.29) is 0 Å². The number of benzene rings is 6. The van der Waals surface area contributed by atoms with Gasteiger partial charge in [0.05, 0.1) is 11.4 Å². The summed E-state index contributed by atoms with van der Waals surface area (Å²) in [5, 5.41) is 0.609. The minimum atomic E-state index is 0.558. The van der Waals surface area contributed by atoms with Crippen molar-refractivity contribution in [2.24, 2.45) is 0 Å². The first-order valence-corrected chi connectivity index (χ1v) is 16.3. The third-order valence-electron chi connectivity index (χ3n) is 8.24. The van der Waals surface area contributed by atoms with Crippen molar-refractivity contribution < 1.29 is 0 Å². The lowest BCUT2D eigenvalue weighted by Crippen LogP contribution is -2.00. The molecule has 0 amide bonds. The molecule has 6 aromatic carbocycles. The van der Waals surface area contributed by atoms with Crippen molar-refractivity contribution in [3.05, 3.63) is 175 Å². The van der Waals surface area contributed by atoms with Crippen LogP contribution in [0.4, 0.5) is 0 Å². The SMILES string of the molecule is Clc1ccc(-c2nc(-c3ccccc3)nc(-c3ccccc3)n2)cc1-c1ccccc1-c1cc(-c2ccccc2)nc(-c2ccccc2)n1. The standard InChI is InChI=1S/C43H28ClN5/c44-37-26-25-33(43-48-41(31-19-9-3-10-20-31)47-42(49-43)32-21-11-4-12-22-32)27-36(37)34-23-13-14-24-35(34)39-28-38(29-15-5-1-6-16-29)45-40(46-39)30-17-7-2-8-18-30/h1-28H. The van der Waals surface area contributed by atoms with E-state index in [1.165, 1.54) is 0 Å². The molecular formula is C43H28ClN5. The molecule has 6 heteroatoms. The fraction of sp³-hybridized carbons (Fsp3) is 0. The number of halogens is 1. The summed E-state index contributed by atoms with van der Waals surface area (Å²) in [5.41, 5.74) is 8.95. The third kappa shape index (κ3) is 6.35. The van der Waals surface area contributed by atoms with Crippen molar-refractivity contribution in [2.75, 3.05) is 0 Å². The molecule has 0 unspecified atom stereocenters. The maximum atomic E-state index is 7.00. The largest absolute Gasteiger partial charge is 0.228 e. The third-order valence-corrected chi connectivity index (χ3v) is 8.57. The Kier molecular flexibility index (Phi) is 8.24. The monoisotopic (exact) mass is 649 g/mol. The number of nitrogens with zero attached hydrogens (tertiary/aromatic N) is 5. The molecule has 0 atom stereocenters. The zero-order valence-electron chi connectivity index (χ0n) is 26.3. The van der Waals surface area contributed by atoms with Gasteiger partial charge in [0, 0.05) is 44.0 Å². The van der Waals surface area contributed by atoms with E-state index in [1.807, 2.05) is 140 Å². The topological polar surface area (TPSA) is 64.5 Å². The first kappa shape index (κ1) is 30.1. The van der Waals surface area contributed by atoms with Crippen molar-refractivity contribution in [1.29, 1.82) is 0 Å². The molecule has 8 rings (SSSR count). The van der Waals surface area contributed by atoms with Crippen molar-refractivity contribution in [2.45, 2.75) is 0 Å². The molecule has 0 aliphatic heterocycles. The summed E-state index contributed by atoms with van der Waals surface area (Å²) in [5.74, 6) is 2.41. The average molecular weight is 650 g/mol. The van der Waals surface area contributed by atoms with Gasteiger partial charge in [-0.3, -0.25) is 0 Å². The lowest BCUT2D eigenvalue weighted by atomic mass is 9.95. The van der Waals surface area contributed by atoms with Crippen molar-refractivity contribution in [3.8, 4) is 79.2 Å². The minimum absolute atomic E-state index is 0.558. The molecule has 0 saturated carbocycles. The van der Waals surface area contributed by atoms with Gasteiger partial charge in [0.15, 0.2) is 23.3 Å². The number of aromatic nitrogens is 5. The Bertz CT molecular complexity index is 2270. The van der Waals surface area contributed by atoms with Crippen LogP contribution in [0.5, 0.6) is 0 Å². The highest BCUT2D eigenvalue weighted by molar-refractivity contribution is 6.33. The van der Waals surface area contributed by atoms with Gasteiger partial charge in [-0.05, 0) is 29.8 Å². The Morgan fingerprint density at radius 1 is 0.286 bits per heavy atom. The highest BCUT2D eigenvalue weighted by atomic mass is 35.5. The number of rotatable bonds is 7. The highest BCUT2D eigenvalue weighted by Gasteiger charge is 2.18. The predicted octanol–water partition coefficient (Wildman–Crippen LogP) is 11.0. The molecule has 2 heterocycles. The lowest BCUT2D eigenvalue weighted by Gasteiger charge is -2.15. The Hall–Kier alpha value is -6.30. The Morgan fingerprint density at radius 2 is 0.694 bits per heavy atom. The molecule has 0 spiro atoms. The highest BCUT2D eigenvalue weighted by Crippen LogP contribution is 2.39. The molecule has 8 aromatic rings. The fourth-order valence-electron chi connectivity index (χ4n) is 5.81. The molecule has 2 aromatic heterocycles. The van der Waals surface area contributed by atoms with Gasteiger partial charge in [0.25, 0.3) is 0 Å². The number of hydrogen-bond acceptors (Lipinski definition) is 5. The fourth-order valence-corrected chi connectivity index (χ4v) is 6.03. The molecule has 0 saturated heterocycles. The van der Waals surface area contributed by atoms with Crippen LogP contribution in [0.1, 0.15) is 0 Å². The van der Waals surface area contributed by atoms with E-state index in [9.17, 15) is 0 Å². The molecule has 0 aliphatic carbocycles. The Labute approximate surface area is 289 Å². The second kappa shape index (κ2) is 13.4. The van der Waals surface area contributed by atoms with Crippen LogP contribution in [0.3, 0.4) is 0 Å². The predicted molar refractivity (Wildman–Crippen MR) is 198 cm³/mol. The summed E-state index contributed by atoms with van der Waals surface area (Å²) in [6.07, 6.45) is 0. The summed E-state index contributed by atoms with van der Waals surface area (Å²) in [7, 11) is 0. The summed E-state index contributed by atoms with van der Waals surface area (Å²) >= 11 is 7.00. The van der Waals surface area contributed by atoms with Crippen LogP contribution in [-0.2, 0) is 0 Å². The van der Waals surface area contributed by atoms with Crippen LogP contribution in [0, 0.1) is 0 Å². The van der Waals surface area contributed by atoms with Crippen LogP contribution in [-0.4, -0.2) is 24.9 Å². The summed E-state index contributed by atoms with van der Waals surface area (Å²) in [6, 6.07) is 56.3. The molecule has 0 fully saturated rings. The minimum Gasteiger partial charge on any atom is -0.228 e. The van der Waals surface area contributed by atoms with E-state index in [0.717, 1.165) is 55.9 Å². The van der Waals surface area contributed by atoms with Gasteiger partial charge < -0.3 is 0 Å². The van der Waals surface area contributed by atoms with Gasteiger partial charge >= 0.3 is 0 Å². The lowest BCUT2D eigenvalue weighted by molar-refractivity contribution is 1.07. The van der Waals surface area contributed by atoms with E-state index in [4.69, 9.17) is 36.5 Å². The zero-order valence-corrected chi connectivity index (χ0v) is 27.0. The smallest absolute Gasteiger partial charge is 0.164 e. The summed E-state index contributed by atoms with van der Waals surface area (Å²) in [4.78, 5) is 24.8. The van der Waals surface area contributed by atoms with E-state index in [1.54, 1.807) is 0 Å². The molecule has 0 N–H and O–H groups in total. The van der Waals surface area contributed by atoms with Crippen LogP contribution < -0.4 is 0 Å². The van der Waals surface area contributed by atoms with Crippen molar-refractivity contribution in [3.63, 3.8) is 0 Å². The van der Waals surface area contributed by atoms with E-state index >= 15 is 0 Å². The Morgan fingerprint density at radius 3 is 1.22 bits per heavy atom. The quantitative estimate of drug-likeness (QED) is 0.172. The second-order valence-electron chi connectivity index (χ2n) is 11.5. The van der Waals surface area contributed by atoms with Crippen LogP contribution in [0.15, 0.2) is 170 Å². The molecule has 5 nitrogen and oxygen atoms in total. The molecular weight excluding hydrogens is 622 g/mol. The van der Waals surface area contributed by atoms with Gasteiger partial charge in [-0.1, -0.05) is 157 Å². The molecule has 49 heavy (non-hydrogen) atoms. The molecule has 0 aliphatic rings. The van der Waals surface area contributed by atoms with Crippen LogP contribution in [0.2, 0.25) is 5.02 Å². The zero-order chi connectivity index (χ0) is 33.0. The second-order valence-corrected chi connectivity index (χ2v) is 11.9. The maximum Gasteiger partial charge on any atom is 0.164 e. The van der Waals surface area contributed by atoms with Gasteiger partial charge in [0.1, 0.15) is 0 Å². The number of hydrogen-bond donors (Lipinski definition) is 0. The molecule has 0 radical (unpaired) electrons. The van der Waals surface area contributed by atoms with E-state index < -0.39 is 0 Å². The van der Waals surface area contributed by atoms with Gasteiger partial charge in [0.2, 0.25) is 0 Å². The summed E-state index contributed by atoms with van der Waals surface area (Å²) in [6.45, 7) is 0. The Balaban J connectivity index is 1.28. The van der Waals surface area contributed by atoms with E-state index in [2.05, 4.69) is 30.3 Å². The van der Waals surface area contributed by atoms with Crippen LogP contribution >= 0.6 is 11.6 Å². The van der Waals surface area contributed by atoms with E-state index in [0.29, 0.717) is 28.3 Å². The van der Waals surface area contributed by atoms with Gasteiger partial charge in [-0.2, -0.15) is 0 Å². The van der Waals surface area contributed by atoms with Gasteiger partial charge in [-0.25, -0.2) is 24.9 Å². The average Bonchev–Trinajstić information content (AvgIpc) is 3.19. The van der Waals surface area contributed by atoms with Gasteiger partial charge in [-0.15, -0.1) is 0 Å². The summed E-state index contributed by atoms with van der Waals surface area (Å²) < 4.78 is 0. The normalized spacial score (nSPS) is 11.0. The maximum absolute atomic E-state index is 7.00.